The molecule has 0 saturated heterocycles. The lowest BCUT2D eigenvalue weighted by atomic mass is 10.2. The van der Waals surface area contributed by atoms with Crippen molar-refractivity contribution in [3.05, 3.63) is 29.8 Å². The first kappa shape index (κ1) is 19.0. The van der Waals surface area contributed by atoms with E-state index in [1.165, 1.54) is 11.8 Å². The molecule has 0 heterocycles. The molecule has 1 rings (SSSR count). The Labute approximate surface area is 140 Å². The van der Waals surface area contributed by atoms with Crippen LogP contribution in [0.3, 0.4) is 0 Å². The maximum Gasteiger partial charge on any atom is 0.303 e. The van der Waals surface area contributed by atoms with Gasteiger partial charge in [0.05, 0.1) is 5.75 Å². The normalized spacial score (nSPS) is 10.1. The van der Waals surface area contributed by atoms with Gasteiger partial charge in [-0.05, 0) is 25.5 Å². The summed E-state index contributed by atoms with van der Waals surface area (Å²) in [5.74, 6) is -0.247. The van der Waals surface area contributed by atoms with Crippen molar-refractivity contribution in [1.82, 2.24) is 5.32 Å². The van der Waals surface area contributed by atoms with E-state index in [0.29, 0.717) is 30.9 Å². The first-order chi connectivity index (χ1) is 11.0. The molecule has 3 N–H and O–H groups in total. The standard InChI is InChI=1S/C16H22N2O4S/c1-12-4-6-13(7-5-12)18-15(20)11-23-10-8-14(19)17-9-2-3-16(21)22/h4-7H,2-3,8-11H2,1H3,(H,17,19)(H,18,20)(H,21,22). The second-order valence-corrected chi connectivity index (χ2v) is 6.17. The van der Waals surface area contributed by atoms with E-state index in [2.05, 4.69) is 10.6 Å². The minimum Gasteiger partial charge on any atom is -0.481 e. The highest BCUT2D eigenvalue weighted by Crippen LogP contribution is 2.10. The van der Waals surface area contributed by atoms with E-state index in [1.807, 2.05) is 31.2 Å². The molecule has 0 aliphatic carbocycles. The molecule has 2 amide bonds. The number of carboxylic acid groups (broad SMARTS) is 1. The van der Waals surface area contributed by atoms with Crippen LogP contribution in [0.5, 0.6) is 0 Å². The minimum absolute atomic E-state index is 0.0498. The SMILES string of the molecule is Cc1ccc(NC(=O)CSCCC(=O)NCCCC(=O)O)cc1. The Balaban J connectivity index is 2.07. The van der Waals surface area contributed by atoms with Crippen LogP contribution in [0.25, 0.3) is 0 Å². The lowest BCUT2D eigenvalue weighted by Gasteiger charge is -2.06. The molecule has 0 fully saturated rings. The molecule has 0 saturated carbocycles. The van der Waals surface area contributed by atoms with Crippen LogP contribution in [-0.2, 0) is 14.4 Å². The molecule has 0 aromatic heterocycles. The fourth-order valence-corrected chi connectivity index (χ4v) is 2.45. The average molecular weight is 338 g/mol. The van der Waals surface area contributed by atoms with Crippen molar-refractivity contribution in [1.29, 1.82) is 0 Å². The fourth-order valence-electron chi connectivity index (χ4n) is 1.72. The summed E-state index contributed by atoms with van der Waals surface area (Å²) in [5.41, 5.74) is 1.89. The second kappa shape index (κ2) is 10.7. The molecule has 0 radical (unpaired) electrons. The molecule has 0 unspecified atom stereocenters. The topological polar surface area (TPSA) is 95.5 Å². The molecule has 0 spiro atoms. The minimum atomic E-state index is -0.866. The molecule has 0 aliphatic heterocycles. The van der Waals surface area contributed by atoms with Crippen LogP contribution >= 0.6 is 11.8 Å². The van der Waals surface area contributed by atoms with Crippen LogP contribution in [0.15, 0.2) is 24.3 Å². The van der Waals surface area contributed by atoms with Gasteiger partial charge in [-0.1, -0.05) is 17.7 Å². The lowest BCUT2D eigenvalue weighted by molar-refractivity contribution is -0.137. The molecule has 1 aromatic rings. The van der Waals surface area contributed by atoms with Crippen LogP contribution in [0.1, 0.15) is 24.8 Å². The lowest BCUT2D eigenvalue weighted by Crippen LogP contribution is -2.25. The smallest absolute Gasteiger partial charge is 0.303 e. The molecular formula is C16H22N2O4S. The predicted octanol–water partition coefficient (Wildman–Crippen LogP) is 2.04. The summed E-state index contributed by atoms with van der Waals surface area (Å²) in [6.45, 7) is 2.35. The van der Waals surface area contributed by atoms with Crippen molar-refractivity contribution in [3.63, 3.8) is 0 Å². The summed E-state index contributed by atoms with van der Waals surface area (Å²) < 4.78 is 0. The van der Waals surface area contributed by atoms with Gasteiger partial charge in [0, 0.05) is 30.8 Å². The van der Waals surface area contributed by atoms with E-state index >= 15 is 0 Å². The Morgan fingerprint density at radius 2 is 1.78 bits per heavy atom. The fraction of sp³-hybridized carbons (Fsp3) is 0.438. The molecule has 1 aromatic carbocycles. The number of anilines is 1. The second-order valence-electron chi connectivity index (χ2n) is 5.06. The van der Waals surface area contributed by atoms with Crippen molar-refractivity contribution in [2.75, 3.05) is 23.4 Å². The highest BCUT2D eigenvalue weighted by molar-refractivity contribution is 7.99. The van der Waals surface area contributed by atoms with Crippen LogP contribution in [0.4, 0.5) is 5.69 Å². The summed E-state index contributed by atoms with van der Waals surface area (Å²) in [5, 5.41) is 13.9. The molecule has 126 valence electrons. The van der Waals surface area contributed by atoms with E-state index in [9.17, 15) is 14.4 Å². The third-order valence-electron chi connectivity index (χ3n) is 2.93. The maximum atomic E-state index is 11.7. The third-order valence-corrected chi connectivity index (χ3v) is 3.89. The van der Waals surface area contributed by atoms with Gasteiger partial charge in [-0.3, -0.25) is 14.4 Å². The van der Waals surface area contributed by atoms with Gasteiger partial charge >= 0.3 is 5.97 Å². The summed E-state index contributed by atoms with van der Waals surface area (Å²) in [6.07, 6.45) is 0.789. The van der Waals surface area contributed by atoms with Crippen molar-refractivity contribution < 1.29 is 19.5 Å². The third kappa shape index (κ3) is 9.57. The van der Waals surface area contributed by atoms with Crippen LogP contribution < -0.4 is 10.6 Å². The van der Waals surface area contributed by atoms with Gasteiger partial charge in [-0.15, -0.1) is 0 Å². The Morgan fingerprint density at radius 3 is 2.43 bits per heavy atom. The molecular weight excluding hydrogens is 316 g/mol. The van der Waals surface area contributed by atoms with Gasteiger partial charge in [0.1, 0.15) is 0 Å². The van der Waals surface area contributed by atoms with E-state index in [4.69, 9.17) is 5.11 Å². The maximum absolute atomic E-state index is 11.7. The summed E-state index contributed by atoms with van der Waals surface area (Å²) in [4.78, 5) is 33.5. The number of amides is 2. The molecule has 23 heavy (non-hydrogen) atoms. The van der Waals surface area contributed by atoms with Gasteiger partial charge < -0.3 is 15.7 Å². The average Bonchev–Trinajstić information content (AvgIpc) is 2.50. The number of nitrogens with one attached hydrogen (secondary N) is 2. The number of aryl methyl sites for hydroxylation is 1. The van der Waals surface area contributed by atoms with E-state index in [-0.39, 0.29) is 18.2 Å². The van der Waals surface area contributed by atoms with Gasteiger partial charge in [0.2, 0.25) is 11.8 Å². The number of hydrogen-bond donors (Lipinski definition) is 3. The summed E-state index contributed by atoms with van der Waals surface area (Å²) in [7, 11) is 0. The summed E-state index contributed by atoms with van der Waals surface area (Å²) in [6, 6.07) is 7.56. The van der Waals surface area contributed by atoms with Crippen molar-refractivity contribution in [2.45, 2.75) is 26.2 Å². The highest BCUT2D eigenvalue weighted by atomic mass is 32.2. The first-order valence-corrected chi connectivity index (χ1v) is 8.55. The number of aliphatic carboxylic acids is 1. The first-order valence-electron chi connectivity index (χ1n) is 7.40. The van der Waals surface area contributed by atoms with Crippen molar-refractivity contribution in [3.8, 4) is 0 Å². The predicted molar refractivity (Wildman–Crippen MR) is 91.6 cm³/mol. The Bertz CT molecular complexity index is 531. The zero-order valence-corrected chi connectivity index (χ0v) is 13.9. The van der Waals surface area contributed by atoms with Gasteiger partial charge in [0.25, 0.3) is 0 Å². The Kier molecular flexibility index (Phi) is 8.82. The molecule has 6 nitrogen and oxygen atoms in total. The number of hydrogen-bond acceptors (Lipinski definition) is 4. The number of thioether (sulfide) groups is 1. The monoisotopic (exact) mass is 338 g/mol. The number of rotatable bonds is 10. The molecule has 0 aliphatic rings. The molecule has 0 atom stereocenters. The van der Waals surface area contributed by atoms with Crippen molar-refractivity contribution >= 4 is 35.2 Å². The number of benzene rings is 1. The zero-order chi connectivity index (χ0) is 17.1. The Morgan fingerprint density at radius 1 is 1.09 bits per heavy atom. The van der Waals surface area contributed by atoms with E-state index in [0.717, 1.165) is 11.3 Å². The van der Waals surface area contributed by atoms with Gasteiger partial charge in [-0.2, -0.15) is 11.8 Å². The number of carbonyl (C=O) groups is 3. The van der Waals surface area contributed by atoms with Crippen LogP contribution in [0.2, 0.25) is 0 Å². The van der Waals surface area contributed by atoms with E-state index < -0.39 is 5.97 Å². The Hall–Kier alpha value is -2.02. The highest BCUT2D eigenvalue weighted by Gasteiger charge is 2.05. The molecule has 7 heteroatoms. The largest absolute Gasteiger partial charge is 0.481 e. The van der Waals surface area contributed by atoms with E-state index in [1.54, 1.807) is 0 Å². The molecule has 0 bridgehead atoms. The zero-order valence-electron chi connectivity index (χ0n) is 13.1. The van der Waals surface area contributed by atoms with Gasteiger partial charge in [0.15, 0.2) is 0 Å². The van der Waals surface area contributed by atoms with Crippen LogP contribution in [-0.4, -0.2) is 40.9 Å². The summed E-state index contributed by atoms with van der Waals surface area (Å²) >= 11 is 1.39. The van der Waals surface area contributed by atoms with Gasteiger partial charge in [-0.25, -0.2) is 0 Å². The number of carbonyl (C=O) groups excluding carboxylic acids is 2. The quantitative estimate of drug-likeness (QED) is 0.567. The van der Waals surface area contributed by atoms with Crippen molar-refractivity contribution in [2.24, 2.45) is 0 Å². The number of carboxylic acids is 1. The van der Waals surface area contributed by atoms with Crippen LogP contribution in [0, 0.1) is 6.92 Å².